The summed E-state index contributed by atoms with van der Waals surface area (Å²) >= 11 is 1.60. The van der Waals surface area contributed by atoms with Gasteiger partial charge >= 0.3 is 0 Å². The molecule has 138 valence electrons. The summed E-state index contributed by atoms with van der Waals surface area (Å²) in [5.41, 5.74) is 2.74. The molecule has 26 heavy (non-hydrogen) atoms. The molecule has 0 aromatic heterocycles. The number of benzene rings is 2. The average molecular weight is 372 g/mol. The summed E-state index contributed by atoms with van der Waals surface area (Å²) in [6, 6.07) is 11.7. The molecule has 0 fully saturated rings. The summed E-state index contributed by atoms with van der Waals surface area (Å²) in [5, 5.41) is 6.12. The van der Waals surface area contributed by atoms with E-state index in [4.69, 9.17) is 9.47 Å². The van der Waals surface area contributed by atoms with Crippen molar-refractivity contribution in [2.24, 2.45) is 0 Å². The van der Waals surface area contributed by atoms with Gasteiger partial charge in [0.2, 0.25) is 5.91 Å². The lowest BCUT2D eigenvalue weighted by atomic mass is 10.1. The van der Waals surface area contributed by atoms with Crippen LogP contribution in [0.25, 0.3) is 0 Å². The minimum Gasteiger partial charge on any atom is -0.492 e. The number of nitrogens with one attached hydrogen (secondary N) is 2. The first-order valence-electron chi connectivity index (χ1n) is 8.73. The van der Waals surface area contributed by atoms with Crippen molar-refractivity contribution in [1.29, 1.82) is 0 Å². The highest BCUT2D eigenvalue weighted by molar-refractivity contribution is 7.98. The fourth-order valence-corrected chi connectivity index (χ4v) is 3.52. The van der Waals surface area contributed by atoms with E-state index in [0.717, 1.165) is 39.8 Å². The summed E-state index contributed by atoms with van der Waals surface area (Å²) in [5.74, 6) is 1.50. The summed E-state index contributed by atoms with van der Waals surface area (Å²) in [4.78, 5) is 13.4. The van der Waals surface area contributed by atoms with Crippen LogP contribution in [-0.2, 0) is 11.2 Å². The molecule has 1 atom stereocenters. The maximum atomic E-state index is 12.4. The molecule has 2 aromatic carbocycles. The second kappa shape index (κ2) is 8.36. The van der Waals surface area contributed by atoms with Crippen LogP contribution in [0.3, 0.4) is 0 Å². The van der Waals surface area contributed by atoms with E-state index in [1.54, 1.807) is 11.8 Å². The van der Waals surface area contributed by atoms with Crippen LogP contribution >= 0.6 is 11.8 Å². The molecular weight excluding hydrogens is 348 g/mol. The zero-order valence-electron chi connectivity index (χ0n) is 15.3. The molecule has 0 saturated heterocycles. The molecule has 0 spiro atoms. The third kappa shape index (κ3) is 4.25. The van der Waals surface area contributed by atoms with Crippen molar-refractivity contribution in [3.05, 3.63) is 42.0 Å². The minimum atomic E-state index is -0.108. The third-order valence-electron chi connectivity index (χ3n) is 4.12. The molecule has 0 radical (unpaired) electrons. The Morgan fingerprint density at radius 3 is 2.88 bits per heavy atom. The first-order chi connectivity index (χ1) is 12.6. The van der Waals surface area contributed by atoms with Gasteiger partial charge < -0.3 is 20.1 Å². The number of fused-ring (bicyclic) bond motifs is 1. The topological polar surface area (TPSA) is 59.6 Å². The molecular formula is C20H24N2O3S. The van der Waals surface area contributed by atoms with Gasteiger partial charge in [0.15, 0.2) is 0 Å². The van der Waals surface area contributed by atoms with E-state index in [2.05, 4.69) is 10.6 Å². The number of thioether (sulfide) groups is 1. The highest BCUT2D eigenvalue weighted by Gasteiger charge is 2.22. The zero-order chi connectivity index (χ0) is 18.5. The predicted molar refractivity (Wildman–Crippen MR) is 107 cm³/mol. The van der Waals surface area contributed by atoms with Gasteiger partial charge in [-0.3, -0.25) is 4.79 Å². The lowest BCUT2D eigenvalue weighted by Crippen LogP contribution is -2.22. The Hall–Kier alpha value is -2.34. The highest BCUT2D eigenvalue weighted by Crippen LogP contribution is 2.38. The fourth-order valence-electron chi connectivity index (χ4n) is 2.97. The van der Waals surface area contributed by atoms with E-state index in [1.165, 1.54) is 0 Å². The number of rotatable bonds is 7. The van der Waals surface area contributed by atoms with Gasteiger partial charge in [0.1, 0.15) is 17.6 Å². The third-order valence-corrected chi connectivity index (χ3v) is 4.91. The van der Waals surface area contributed by atoms with E-state index >= 15 is 0 Å². The van der Waals surface area contributed by atoms with Gasteiger partial charge in [0.05, 0.1) is 24.5 Å². The first-order valence-corrected chi connectivity index (χ1v) is 9.96. The van der Waals surface area contributed by atoms with Gasteiger partial charge in [-0.05, 0) is 38.3 Å². The molecule has 1 aliphatic rings. The monoisotopic (exact) mass is 372 g/mol. The van der Waals surface area contributed by atoms with Gasteiger partial charge in [-0.15, -0.1) is 11.8 Å². The van der Waals surface area contributed by atoms with Gasteiger partial charge in [-0.25, -0.2) is 0 Å². The maximum Gasteiger partial charge on any atom is 0.243 e. The van der Waals surface area contributed by atoms with Crippen molar-refractivity contribution in [3.8, 4) is 11.5 Å². The normalized spacial score (nSPS) is 15.1. The van der Waals surface area contributed by atoms with Gasteiger partial charge in [0.25, 0.3) is 0 Å². The Morgan fingerprint density at radius 2 is 2.12 bits per heavy atom. The Morgan fingerprint density at radius 1 is 1.31 bits per heavy atom. The van der Waals surface area contributed by atoms with Crippen LogP contribution in [0, 0.1) is 0 Å². The molecule has 0 unspecified atom stereocenters. The molecule has 0 saturated carbocycles. The molecule has 0 bridgehead atoms. The number of hydrogen-bond acceptors (Lipinski definition) is 5. The Labute approximate surface area is 158 Å². The van der Waals surface area contributed by atoms with E-state index < -0.39 is 0 Å². The Balaban J connectivity index is 1.69. The lowest BCUT2D eigenvalue weighted by molar-refractivity contribution is -0.114. The Kier molecular flexibility index (Phi) is 5.93. The van der Waals surface area contributed by atoms with Crippen LogP contribution < -0.4 is 20.1 Å². The first kappa shape index (κ1) is 18.5. The van der Waals surface area contributed by atoms with Crippen LogP contribution in [0.15, 0.2) is 41.3 Å². The average Bonchev–Trinajstić information content (AvgIpc) is 2.99. The molecule has 3 rings (SSSR count). The molecule has 0 aliphatic carbocycles. The molecule has 1 heterocycles. The standard InChI is InChI=1S/C20H24N2O3S/c1-4-24-18-10-14-9-13(2)25-17(14)11-16(18)21-12-20(23)22-15-7-5-6-8-19(15)26-3/h5-8,10-11,13,21H,4,9,12H2,1-3H3,(H,22,23)/t13-/m0/s1. The summed E-state index contributed by atoms with van der Waals surface area (Å²) in [7, 11) is 0. The predicted octanol–water partition coefficient (Wildman–Crippen LogP) is 4.18. The van der Waals surface area contributed by atoms with Gasteiger partial charge in [0, 0.05) is 22.9 Å². The fraction of sp³-hybridized carbons (Fsp3) is 0.350. The molecule has 2 N–H and O–H groups in total. The van der Waals surface area contributed by atoms with Gasteiger partial charge in [-0.1, -0.05) is 12.1 Å². The van der Waals surface area contributed by atoms with Gasteiger partial charge in [-0.2, -0.15) is 0 Å². The van der Waals surface area contributed by atoms with Crippen molar-refractivity contribution in [2.75, 3.05) is 30.0 Å². The molecule has 2 aromatic rings. The van der Waals surface area contributed by atoms with Crippen molar-refractivity contribution >= 4 is 29.0 Å². The highest BCUT2D eigenvalue weighted by atomic mass is 32.2. The second-order valence-electron chi connectivity index (χ2n) is 6.12. The zero-order valence-corrected chi connectivity index (χ0v) is 16.1. The smallest absolute Gasteiger partial charge is 0.243 e. The lowest BCUT2D eigenvalue weighted by Gasteiger charge is -2.15. The number of amides is 1. The molecule has 1 aliphatic heterocycles. The van der Waals surface area contributed by atoms with Crippen molar-refractivity contribution in [1.82, 2.24) is 0 Å². The Bertz CT molecular complexity index is 795. The number of carbonyl (C=O) groups is 1. The number of carbonyl (C=O) groups excluding carboxylic acids is 1. The minimum absolute atomic E-state index is 0.108. The summed E-state index contributed by atoms with van der Waals surface area (Å²) in [6.45, 7) is 4.71. The number of ether oxygens (including phenoxy) is 2. The SMILES string of the molecule is CCOc1cc2c(cc1NCC(=O)Nc1ccccc1SC)O[C@@H](C)C2. The molecule has 5 nitrogen and oxygen atoms in total. The number of hydrogen-bond donors (Lipinski definition) is 2. The quantitative estimate of drug-likeness (QED) is 0.714. The second-order valence-corrected chi connectivity index (χ2v) is 6.97. The van der Waals surface area contributed by atoms with Crippen LogP contribution in [-0.4, -0.2) is 31.4 Å². The number of anilines is 2. The van der Waals surface area contributed by atoms with Crippen molar-refractivity contribution in [2.45, 2.75) is 31.3 Å². The largest absolute Gasteiger partial charge is 0.492 e. The summed E-state index contributed by atoms with van der Waals surface area (Å²) < 4.78 is 11.5. The molecule has 1 amide bonds. The van der Waals surface area contributed by atoms with Crippen LogP contribution in [0.4, 0.5) is 11.4 Å². The van der Waals surface area contributed by atoms with E-state index in [1.807, 2.05) is 56.5 Å². The summed E-state index contributed by atoms with van der Waals surface area (Å²) in [6.07, 6.45) is 3.03. The van der Waals surface area contributed by atoms with E-state index in [0.29, 0.717) is 6.61 Å². The number of para-hydroxylation sites is 1. The molecule has 6 heteroatoms. The maximum absolute atomic E-state index is 12.4. The van der Waals surface area contributed by atoms with Crippen LogP contribution in [0.5, 0.6) is 11.5 Å². The van der Waals surface area contributed by atoms with Crippen molar-refractivity contribution in [3.63, 3.8) is 0 Å². The van der Waals surface area contributed by atoms with Crippen molar-refractivity contribution < 1.29 is 14.3 Å². The van der Waals surface area contributed by atoms with Crippen LogP contribution in [0.1, 0.15) is 19.4 Å². The van der Waals surface area contributed by atoms with Crippen LogP contribution in [0.2, 0.25) is 0 Å². The van der Waals surface area contributed by atoms with E-state index in [9.17, 15) is 4.79 Å². The van der Waals surface area contributed by atoms with E-state index in [-0.39, 0.29) is 18.6 Å².